The number of halogens is 1. The molecule has 0 aliphatic carbocycles. The van der Waals surface area contributed by atoms with Gasteiger partial charge in [-0.25, -0.2) is 9.18 Å². The zero-order valence-corrected chi connectivity index (χ0v) is 10.1. The van der Waals surface area contributed by atoms with Crippen LogP contribution in [0, 0.1) is 5.82 Å². The highest BCUT2D eigenvalue weighted by molar-refractivity contribution is 6.37. The summed E-state index contributed by atoms with van der Waals surface area (Å²) in [4.78, 5) is 44.9. The fraction of sp³-hybridized carbons (Fsp3) is 0.231. The Kier molecular flexibility index (Phi) is 5.05. The first kappa shape index (κ1) is 14.7. The maximum absolute atomic E-state index is 13.3. The maximum Gasteiger partial charge on any atom is 0.374 e. The number of carbonyl (C=O) groups excluding carboxylic acids is 4. The van der Waals surface area contributed by atoms with Gasteiger partial charge in [0.05, 0.1) is 25.5 Å². The van der Waals surface area contributed by atoms with Gasteiger partial charge in [-0.2, -0.15) is 0 Å². The van der Waals surface area contributed by atoms with Crippen molar-refractivity contribution in [3.63, 3.8) is 0 Å². The predicted molar refractivity (Wildman–Crippen MR) is 62.0 cm³/mol. The Morgan fingerprint density at radius 1 is 1.11 bits per heavy atom. The van der Waals surface area contributed by atoms with Crippen LogP contribution < -0.4 is 0 Å². The molecular formula is C13H11FO5. The molecule has 0 atom stereocenters. The molecule has 1 aromatic rings. The summed E-state index contributed by atoms with van der Waals surface area (Å²) in [5, 5.41) is 0. The lowest BCUT2D eigenvalue weighted by Crippen LogP contribution is -2.21. The van der Waals surface area contributed by atoms with Gasteiger partial charge in [0.1, 0.15) is 11.6 Å². The summed E-state index contributed by atoms with van der Waals surface area (Å²) in [5.74, 6) is -4.41. The van der Waals surface area contributed by atoms with Crippen LogP contribution in [0.4, 0.5) is 4.39 Å². The highest BCUT2D eigenvalue weighted by atomic mass is 19.1. The average Bonchev–Trinajstić information content (AvgIpc) is 2.37. The molecule has 0 aliphatic heterocycles. The van der Waals surface area contributed by atoms with Crippen LogP contribution in [0.5, 0.6) is 0 Å². The summed E-state index contributed by atoms with van der Waals surface area (Å²) < 4.78 is 17.4. The van der Waals surface area contributed by atoms with Crippen LogP contribution in [-0.4, -0.2) is 30.4 Å². The Morgan fingerprint density at radius 2 is 1.74 bits per heavy atom. The lowest BCUT2D eigenvalue weighted by atomic mass is 10.0. The van der Waals surface area contributed by atoms with Crippen molar-refractivity contribution in [1.29, 1.82) is 0 Å². The molecule has 0 aromatic heterocycles. The van der Waals surface area contributed by atoms with E-state index in [1.807, 2.05) is 0 Å². The Morgan fingerprint density at radius 3 is 2.32 bits per heavy atom. The highest BCUT2D eigenvalue weighted by Gasteiger charge is 2.21. The van der Waals surface area contributed by atoms with E-state index in [9.17, 15) is 23.6 Å². The predicted octanol–water partition coefficient (Wildman–Crippen LogP) is 1.10. The molecule has 19 heavy (non-hydrogen) atoms. The molecule has 1 aromatic carbocycles. The lowest BCUT2D eigenvalue weighted by Gasteiger charge is -2.01. The zero-order valence-electron chi connectivity index (χ0n) is 10.1. The number of hydrogen-bond acceptors (Lipinski definition) is 5. The Bertz CT molecular complexity index is 536. The zero-order chi connectivity index (χ0) is 14.4. The number of methoxy groups -OCH3 is 1. The number of hydrogen-bond donors (Lipinski definition) is 0. The Balaban J connectivity index is 2.63. The van der Waals surface area contributed by atoms with Crippen molar-refractivity contribution in [2.75, 3.05) is 7.11 Å². The lowest BCUT2D eigenvalue weighted by molar-refractivity contribution is -0.152. The van der Waals surface area contributed by atoms with E-state index >= 15 is 0 Å². The number of esters is 1. The van der Waals surface area contributed by atoms with Gasteiger partial charge in [-0.15, -0.1) is 0 Å². The largest absolute Gasteiger partial charge is 0.463 e. The molecule has 0 saturated carbocycles. The quantitative estimate of drug-likeness (QED) is 0.333. The summed E-state index contributed by atoms with van der Waals surface area (Å²) in [6, 6.07) is 5.21. The minimum atomic E-state index is -1.15. The Hall–Kier alpha value is -2.37. The first-order chi connectivity index (χ1) is 8.95. The van der Waals surface area contributed by atoms with Gasteiger partial charge in [0.25, 0.3) is 0 Å². The van der Waals surface area contributed by atoms with E-state index in [1.165, 1.54) is 18.2 Å². The minimum absolute atomic E-state index is 0.221. The second kappa shape index (κ2) is 6.53. The fourth-order valence-corrected chi connectivity index (χ4v) is 1.39. The first-order valence-electron chi connectivity index (χ1n) is 5.36. The maximum atomic E-state index is 13.3. The topological polar surface area (TPSA) is 77.5 Å². The summed E-state index contributed by atoms with van der Waals surface area (Å²) in [7, 11) is 1.01. The summed E-state index contributed by atoms with van der Waals surface area (Å²) in [6.45, 7) is 0. The van der Waals surface area contributed by atoms with E-state index in [2.05, 4.69) is 4.74 Å². The smallest absolute Gasteiger partial charge is 0.374 e. The van der Waals surface area contributed by atoms with Crippen LogP contribution in [0.1, 0.15) is 23.2 Å². The molecular weight excluding hydrogens is 255 g/mol. The molecule has 0 aliphatic rings. The third-order valence-corrected chi connectivity index (χ3v) is 2.30. The molecule has 0 amide bonds. The second-order valence-corrected chi connectivity index (χ2v) is 3.71. The first-order valence-corrected chi connectivity index (χ1v) is 5.36. The molecule has 0 fully saturated rings. The van der Waals surface area contributed by atoms with Crippen molar-refractivity contribution < 1.29 is 28.3 Å². The summed E-state index contributed by atoms with van der Waals surface area (Å²) in [6.07, 6.45) is -1.36. The molecule has 0 radical (unpaired) electrons. The van der Waals surface area contributed by atoms with Gasteiger partial charge in [-0.1, -0.05) is 12.1 Å². The summed E-state index contributed by atoms with van der Waals surface area (Å²) in [5.41, 5.74) is -0.221. The van der Waals surface area contributed by atoms with Crippen molar-refractivity contribution in [3.8, 4) is 0 Å². The van der Waals surface area contributed by atoms with Crippen LogP contribution >= 0.6 is 0 Å². The number of rotatable bonds is 6. The minimum Gasteiger partial charge on any atom is -0.463 e. The van der Waals surface area contributed by atoms with E-state index in [0.717, 1.165) is 13.2 Å². The van der Waals surface area contributed by atoms with Gasteiger partial charge < -0.3 is 4.74 Å². The van der Waals surface area contributed by atoms with Crippen LogP contribution in [0.3, 0.4) is 0 Å². The molecule has 1 rings (SSSR count). The van der Waals surface area contributed by atoms with Crippen LogP contribution in [-0.2, 0) is 19.1 Å². The number of ketones is 3. The monoisotopic (exact) mass is 266 g/mol. The number of benzene rings is 1. The standard InChI is InChI=1S/C13H11FO5/c1-19-13(18)12(17)7-8(15)6-11(16)9-4-2-3-5-10(9)14/h2-5H,6-7H2,1H3. The molecule has 6 heteroatoms. The third kappa shape index (κ3) is 4.09. The number of Topliss-reactive ketones (excluding diaryl/α,β-unsaturated/α-hetero) is 3. The van der Waals surface area contributed by atoms with Crippen molar-refractivity contribution in [2.24, 2.45) is 0 Å². The van der Waals surface area contributed by atoms with Gasteiger partial charge >= 0.3 is 5.97 Å². The fourth-order valence-electron chi connectivity index (χ4n) is 1.39. The van der Waals surface area contributed by atoms with E-state index in [1.54, 1.807) is 0 Å². The van der Waals surface area contributed by atoms with E-state index in [0.29, 0.717) is 0 Å². The molecule has 0 heterocycles. The van der Waals surface area contributed by atoms with Crippen LogP contribution in [0.2, 0.25) is 0 Å². The van der Waals surface area contributed by atoms with Gasteiger partial charge in [-0.05, 0) is 12.1 Å². The molecule has 0 N–H and O–H groups in total. The second-order valence-electron chi connectivity index (χ2n) is 3.71. The van der Waals surface area contributed by atoms with Crippen molar-refractivity contribution in [3.05, 3.63) is 35.6 Å². The van der Waals surface area contributed by atoms with Gasteiger partial charge in [-0.3, -0.25) is 14.4 Å². The van der Waals surface area contributed by atoms with Crippen LogP contribution in [0.15, 0.2) is 24.3 Å². The summed E-state index contributed by atoms with van der Waals surface area (Å²) >= 11 is 0. The molecule has 100 valence electrons. The molecule has 0 unspecified atom stereocenters. The normalized spacial score (nSPS) is 9.79. The van der Waals surface area contributed by atoms with Crippen molar-refractivity contribution >= 4 is 23.3 Å². The van der Waals surface area contributed by atoms with Gasteiger partial charge in [0.15, 0.2) is 5.78 Å². The van der Waals surface area contributed by atoms with Crippen molar-refractivity contribution in [1.82, 2.24) is 0 Å². The van der Waals surface area contributed by atoms with Crippen LogP contribution in [0.25, 0.3) is 0 Å². The molecule has 5 nitrogen and oxygen atoms in total. The van der Waals surface area contributed by atoms with Gasteiger partial charge in [0, 0.05) is 0 Å². The van der Waals surface area contributed by atoms with E-state index in [-0.39, 0.29) is 5.56 Å². The van der Waals surface area contributed by atoms with Crippen molar-refractivity contribution in [2.45, 2.75) is 12.8 Å². The molecule has 0 saturated heterocycles. The molecule has 0 spiro atoms. The average molecular weight is 266 g/mol. The number of ether oxygens (including phenoxy) is 1. The Labute approximate surface area is 108 Å². The third-order valence-electron chi connectivity index (χ3n) is 2.30. The SMILES string of the molecule is COC(=O)C(=O)CC(=O)CC(=O)c1ccccc1F. The van der Waals surface area contributed by atoms with E-state index in [4.69, 9.17) is 0 Å². The van der Waals surface area contributed by atoms with E-state index < -0.39 is 42.0 Å². The molecule has 0 bridgehead atoms. The van der Waals surface area contributed by atoms with Gasteiger partial charge in [0.2, 0.25) is 5.78 Å². The highest BCUT2D eigenvalue weighted by Crippen LogP contribution is 2.10. The number of carbonyl (C=O) groups is 4.